The summed E-state index contributed by atoms with van der Waals surface area (Å²) in [5.74, 6) is 3.16. The molecule has 0 radical (unpaired) electrons. The lowest BCUT2D eigenvalue weighted by atomic mass is 9.96. The number of thioether (sulfide) groups is 1. The SMILES string of the molecule is CCSCCCC(N)C1CCS(=O)(=O)C1. The maximum Gasteiger partial charge on any atom is 0.150 e. The van der Waals surface area contributed by atoms with E-state index in [9.17, 15) is 8.42 Å². The fourth-order valence-electron chi connectivity index (χ4n) is 1.96. The largest absolute Gasteiger partial charge is 0.327 e. The van der Waals surface area contributed by atoms with Gasteiger partial charge in [0.25, 0.3) is 0 Å². The van der Waals surface area contributed by atoms with Crippen LogP contribution in [0, 0.1) is 5.92 Å². The molecule has 1 aliphatic heterocycles. The Morgan fingerprint density at radius 3 is 2.80 bits per heavy atom. The van der Waals surface area contributed by atoms with Gasteiger partial charge in [0.15, 0.2) is 9.84 Å². The van der Waals surface area contributed by atoms with Crippen molar-refractivity contribution in [3.05, 3.63) is 0 Å². The molecule has 5 heteroatoms. The summed E-state index contributed by atoms with van der Waals surface area (Å²) in [6.07, 6.45) is 2.84. The maximum atomic E-state index is 11.3. The molecule has 0 bridgehead atoms. The third-order valence-electron chi connectivity index (χ3n) is 2.90. The van der Waals surface area contributed by atoms with Gasteiger partial charge in [-0.25, -0.2) is 8.42 Å². The van der Waals surface area contributed by atoms with E-state index >= 15 is 0 Å². The van der Waals surface area contributed by atoms with E-state index < -0.39 is 9.84 Å². The van der Waals surface area contributed by atoms with Crippen molar-refractivity contribution in [2.75, 3.05) is 23.0 Å². The number of rotatable bonds is 6. The molecule has 0 aromatic carbocycles. The lowest BCUT2D eigenvalue weighted by Crippen LogP contribution is -2.31. The Balaban J connectivity index is 2.21. The molecule has 1 heterocycles. The highest BCUT2D eigenvalue weighted by Gasteiger charge is 2.31. The highest BCUT2D eigenvalue weighted by Crippen LogP contribution is 2.23. The van der Waals surface area contributed by atoms with E-state index in [-0.39, 0.29) is 12.0 Å². The summed E-state index contributed by atoms with van der Waals surface area (Å²) in [7, 11) is -2.76. The second-order valence-corrected chi connectivity index (χ2v) is 7.79. The summed E-state index contributed by atoms with van der Waals surface area (Å²) in [6.45, 7) is 2.15. The maximum absolute atomic E-state index is 11.3. The van der Waals surface area contributed by atoms with Crippen LogP contribution in [0.1, 0.15) is 26.2 Å². The molecule has 3 nitrogen and oxygen atoms in total. The molecule has 2 N–H and O–H groups in total. The third-order valence-corrected chi connectivity index (χ3v) is 5.68. The van der Waals surface area contributed by atoms with Crippen LogP contribution in [-0.4, -0.2) is 37.5 Å². The number of sulfone groups is 1. The first kappa shape index (κ1) is 13.3. The van der Waals surface area contributed by atoms with Crippen molar-refractivity contribution in [1.82, 2.24) is 0 Å². The summed E-state index contributed by atoms with van der Waals surface area (Å²) >= 11 is 1.92. The van der Waals surface area contributed by atoms with Crippen LogP contribution in [0.25, 0.3) is 0 Å². The van der Waals surface area contributed by atoms with Crippen molar-refractivity contribution in [3.63, 3.8) is 0 Å². The van der Waals surface area contributed by atoms with Gasteiger partial charge in [-0.05, 0) is 36.7 Å². The lowest BCUT2D eigenvalue weighted by Gasteiger charge is -2.17. The monoisotopic (exact) mass is 251 g/mol. The van der Waals surface area contributed by atoms with E-state index in [1.54, 1.807) is 0 Å². The minimum atomic E-state index is -2.76. The molecule has 15 heavy (non-hydrogen) atoms. The van der Waals surface area contributed by atoms with Crippen LogP contribution in [0.2, 0.25) is 0 Å². The predicted octanol–water partition coefficient (Wildman–Crippen LogP) is 1.28. The summed E-state index contributed by atoms with van der Waals surface area (Å²) < 4.78 is 22.5. The van der Waals surface area contributed by atoms with Crippen LogP contribution in [0.4, 0.5) is 0 Å². The molecule has 0 aliphatic carbocycles. The number of hydrogen-bond acceptors (Lipinski definition) is 4. The Kier molecular flexibility index (Phi) is 5.43. The highest BCUT2D eigenvalue weighted by molar-refractivity contribution is 7.99. The van der Waals surface area contributed by atoms with E-state index in [1.165, 1.54) is 0 Å². The quantitative estimate of drug-likeness (QED) is 0.723. The topological polar surface area (TPSA) is 60.2 Å². The fraction of sp³-hybridized carbons (Fsp3) is 1.00. The molecule has 1 fully saturated rings. The molecule has 1 saturated heterocycles. The van der Waals surface area contributed by atoms with Gasteiger partial charge in [0.05, 0.1) is 11.5 Å². The number of nitrogens with two attached hydrogens (primary N) is 1. The molecule has 90 valence electrons. The van der Waals surface area contributed by atoms with Crippen LogP contribution >= 0.6 is 11.8 Å². The van der Waals surface area contributed by atoms with Crippen molar-refractivity contribution >= 4 is 21.6 Å². The molecule has 2 unspecified atom stereocenters. The van der Waals surface area contributed by atoms with E-state index in [2.05, 4.69) is 6.92 Å². The molecule has 0 saturated carbocycles. The molecular weight excluding hydrogens is 230 g/mol. The average molecular weight is 251 g/mol. The molecule has 0 aromatic rings. The first-order valence-electron chi connectivity index (χ1n) is 5.59. The molecule has 0 amide bonds. The zero-order chi connectivity index (χ0) is 11.3. The number of hydrogen-bond donors (Lipinski definition) is 1. The minimum Gasteiger partial charge on any atom is -0.327 e. The van der Waals surface area contributed by atoms with Gasteiger partial charge in [-0.3, -0.25) is 0 Å². The van der Waals surface area contributed by atoms with E-state index in [0.29, 0.717) is 11.5 Å². The van der Waals surface area contributed by atoms with Gasteiger partial charge in [-0.1, -0.05) is 6.92 Å². The smallest absolute Gasteiger partial charge is 0.150 e. The van der Waals surface area contributed by atoms with Crippen LogP contribution in [0.5, 0.6) is 0 Å². The summed E-state index contributed by atoms with van der Waals surface area (Å²) in [6, 6.07) is 0.0831. The van der Waals surface area contributed by atoms with Crippen LogP contribution in [0.15, 0.2) is 0 Å². The van der Waals surface area contributed by atoms with Crippen molar-refractivity contribution < 1.29 is 8.42 Å². The molecule has 0 aromatic heterocycles. The minimum absolute atomic E-state index is 0.0831. The van der Waals surface area contributed by atoms with Gasteiger partial charge in [-0.2, -0.15) is 11.8 Å². The van der Waals surface area contributed by atoms with E-state index in [4.69, 9.17) is 5.73 Å². The summed E-state index contributed by atoms with van der Waals surface area (Å²) in [4.78, 5) is 0. The van der Waals surface area contributed by atoms with Crippen LogP contribution in [0.3, 0.4) is 0 Å². The Labute approximate surface area is 97.1 Å². The first-order chi connectivity index (χ1) is 7.05. The molecule has 1 aliphatic rings. The molecule has 2 atom stereocenters. The van der Waals surface area contributed by atoms with Gasteiger partial charge in [0.2, 0.25) is 0 Å². The normalized spacial score (nSPS) is 26.7. The second-order valence-electron chi connectivity index (χ2n) is 4.17. The first-order valence-corrected chi connectivity index (χ1v) is 8.56. The Hall–Kier alpha value is 0.260. The lowest BCUT2D eigenvalue weighted by molar-refractivity contribution is 0.436. The Morgan fingerprint density at radius 1 is 1.53 bits per heavy atom. The Morgan fingerprint density at radius 2 is 2.27 bits per heavy atom. The second kappa shape index (κ2) is 6.11. The van der Waals surface area contributed by atoms with Gasteiger partial charge < -0.3 is 5.73 Å². The van der Waals surface area contributed by atoms with Gasteiger partial charge in [0, 0.05) is 6.04 Å². The fourth-order valence-corrected chi connectivity index (χ4v) is 4.52. The van der Waals surface area contributed by atoms with Gasteiger partial charge >= 0.3 is 0 Å². The van der Waals surface area contributed by atoms with Crippen LogP contribution in [-0.2, 0) is 9.84 Å². The van der Waals surface area contributed by atoms with Crippen molar-refractivity contribution in [2.24, 2.45) is 11.7 Å². The van der Waals surface area contributed by atoms with Gasteiger partial charge in [-0.15, -0.1) is 0 Å². The average Bonchev–Trinajstić information content (AvgIpc) is 2.53. The van der Waals surface area contributed by atoms with E-state index in [0.717, 1.165) is 30.8 Å². The van der Waals surface area contributed by atoms with Crippen molar-refractivity contribution in [3.8, 4) is 0 Å². The predicted molar refractivity (Wildman–Crippen MR) is 67.0 cm³/mol. The standard InChI is InChI=1S/C10H21NO2S2/c1-2-14-6-3-4-10(11)9-5-7-15(12,13)8-9/h9-10H,2-8,11H2,1H3. The highest BCUT2D eigenvalue weighted by atomic mass is 32.2. The zero-order valence-corrected chi connectivity index (χ0v) is 10.9. The Bertz CT molecular complexity index is 277. The van der Waals surface area contributed by atoms with E-state index in [1.807, 2.05) is 11.8 Å². The summed E-state index contributed by atoms with van der Waals surface area (Å²) in [5, 5.41) is 0. The van der Waals surface area contributed by atoms with Crippen molar-refractivity contribution in [2.45, 2.75) is 32.2 Å². The zero-order valence-electron chi connectivity index (χ0n) is 9.31. The molecule has 0 spiro atoms. The molecule has 1 rings (SSSR count). The third kappa shape index (κ3) is 4.74. The molecular formula is C10H21NO2S2. The van der Waals surface area contributed by atoms with Gasteiger partial charge in [0.1, 0.15) is 0 Å². The van der Waals surface area contributed by atoms with Crippen LogP contribution < -0.4 is 5.73 Å². The summed E-state index contributed by atoms with van der Waals surface area (Å²) in [5.41, 5.74) is 6.01. The van der Waals surface area contributed by atoms with Crippen molar-refractivity contribution in [1.29, 1.82) is 0 Å².